The molecule has 0 fully saturated rings. The second-order valence-corrected chi connectivity index (χ2v) is 5.43. The normalized spacial score (nSPS) is 26.9. The third kappa shape index (κ3) is 1.66. The predicted octanol–water partition coefficient (Wildman–Crippen LogP) is 1.54. The first kappa shape index (κ1) is 14.2. The molecule has 6 N–H and O–H groups in total. The quantitative estimate of drug-likeness (QED) is 0.543. The lowest BCUT2D eigenvalue weighted by Gasteiger charge is -2.36. The number of nitrogens with zero attached hydrogens (tertiary/aromatic N) is 2. The highest BCUT2D eigenvalue weighted by Gasteiger charge is 2.44. The van der Waals surface area contributed by atoms with E-state index in [-0.39, 0.29) is 22.6 Å². The van der Waals surface area contributed by atoms with Crippen LogP contribution in [0.15, 0.2) is 24.3 Å². The molecule has 1 aliphatic rings. The first-order chi connectivity index (χ1) is 10.5. The van der Waals surface area contributed by atoms with Crippen LogP contribution in [0.1, 0.15) is 23.2 Å². The Bertz CT molecular complexity index is 779. The van der Waals surface area contributed by atoms with Crippen molar-refractivity contribution in [3.05, 3.63) is 35.4 Å². The van der Waals surface area contributed by atoms with Crippen molar-refractivity contribution in [3.63, 3.8) is 0 Å². The number of hydrogen-bond acceptors (Lipinski definition) is 6. The second kappa shape index (κ2) is 4.88. The van der Waals surface area contributed by atoms with Crippen molar-refractivity contribution in [2.75, 3.05) is 0 Å². The van der Waals surface area contributed by atoms with E-state index in [9.17, 15) is 20.7 Å². The van der Waals surface area contributed by atoms with Gasteiger partial charge in [-0.1, -0.05) is 24.3 Å². The maximum absolute atomic E-state index is 10.5. The molecule has 0 radical (unpaired) electrons. The molecule has 0 amide bonds. The van der Waals surface area contributed by atoms with E-state index in [0.717, 1.165) is 0 Å². The van der Waals surface area contributed by atoms with Gasteiger partial charge in [-0.25, -0.2) is 0 Å². The summed E-state index contributed by atoms with van der Waals surface area (Å²) >= 11 is 0. The van der Waals surface area contributed by atoms with Gasteiger partial charge in [0.1, 0.15) is 11.5 Å². The molecule has 0 heterocycles. The Balaban J connectivity index is 2.43. The minimum absolute atomic E-state index is 0.0945. The molecule has 1 aliphatic carbocycles. The average molecular weight is 294 g/mol. The second-order valence-electron chi connectivity index (χ2n) is 5.43. The minimum Gasteiger partial charge on any atom is -0.507 e. The maximum atomic E-state index is 10.5. The topological polar surface area (TPSA) is 140 Å². The van der Waals surface area contributed by atoms with E-state index in [1.165, 1.54) is 0 Å². The molecule has 2 aromatic carbocycles. The Morgan fingerprint density at radius 1 is 0.818 bits per heavy atom. The fraction of sp³-hybridized carbons (Fsp3) is 0.250. The molecule has 0 saturated heterocycles. The summed E-state index contributed by atoms with van der Waals surface area (Å²) in [5.41, 5.74) is 12.7. The van der Waals surface area contributed by atoms with E-state index in [1.807, 2.05) is 12.1 Å². The molecule has 110 valence electrons. The van der Waals surface area contributed by atoms with E-state index in [4.69, 9.17) is 11.5 Å². The molecule has 2 aromatic rings. The highest BCUT2D eigenvalue weighted by Crippen LogP contribution is 2.51. The molecule has 0 spiro atoms. The SMILES string of the molecule is N#CC1C(N)c2c(c(O)c3ccccc3c2O)C(N)C1C#N. The number of nitrogens with two attached hydrogens (primary N) is 2. The highest BCUT2D eigenvalue weighted by atomic mass is 16.3. The van der Waals surface area contributed by atoms with Crippen LogP contribution in [0.2, 0.25) is 0 Å². The molecule has 6 nitrogen and oxygen atoms in total. The van der Waals surface area contributed by atoms with Crippen molar-refractivity contribution in [1.29, 1.82) is 10.5 Å². The smallest absolute Gasteiger partial charge is 0.128 e. The van der Waals surface area contributed by atoms with Gasteiger partial charge >= 0.3 is 0 Å². The van der Waals surface area contributed by atoms with Crippen molar-refractivity contribution >= 4 is 10.8 Å². The third-order valence-electron chi connectivity index (χ3n) is 4.36. The Kier molecular flexibility index (Phi) is 3.14. The number of aromatic hydroxyl groups is 2. The first-order valence-corrected chi connectivity index (χ1v) is 6.79. The molecule has 4 unspecified atom stereocenters. The highest BCUT2D eigenvalue weighted by molar-refractivity contribution is 5.96. The zero-order valence-electron chi connectivity index (χ0n) is 11.6. The largest absolute Gasteiger partial charge is 0.507 e. The Morgan fingerprint density at radius 3 is 1.50 bits per heavy atom. The van der Waals surface area contributed by atoms with Crippen molar-refractivity contribution in [1.82, 2.24) is 0 Å². The molecule has 4 atom stereocenters. The summed E-state index contributed by atoms with van der Waals surface area (Å²) in [5.74, 6) is -1.89. The summed E-state index contributed by atoms with van der Waals surface area (Å²) in [7, 11) is 0. The Morgan fingerprint density at radius 2 is 1.18 bits per heavy atom. The number of hydrogen-bond donors (Lipinski definition) is 4. The van der Waals surface area contributed by atoms with Gasteiger partial charge in [0.15, 0.2) is 0 Å². The minimum atomic E-state index is -0.889. The van der Waals surface area contributed by atoms with Crippen LogP contribution >= 0.6 is 0 Å². The zero-order valence-corrected chi connectivity index (χ0v) is 11.6. The molecule has 0 saturated carbocycles. The molecular formula is C16H14N4O2. The number of phenols is 2. The van der Waals surface area contributed by atoms with Gasteiger partial charge in [-0.3, -0.25) is 0 Å². The van der Waals surface area contributed by atoms with E-state index in [0.29, 0.717) is 10.8 Å². The molecule has 3 rings (SSSR count). The first-order valence-electron chi connectivity index (χ1n) is 6.79. The van der Waals surface area contributed by atoms with Crippen LogP contribution in [0, 0.1) is 34.5 Å². The van der Waals surface area contributed by atoms with Gasteiger partial charge in [0.2, 0.25) is 0 Å². The molecule has 0 bridgehead atoms. The van der Waals surface area contributed by atoms with E-state index in [1.54, 1.807) is 24.3 Å². The summed E-state index contributed by atoms with van der Waals surface area (Å²) in [6.45, 7) is 0. The fourth-order valence-electron chi connectivity index (χ4n) is 3.24. The van der Waals surface area contributed by atoms with Crippen molar-refractivity contribution in [2.45, 2.75) is 12.1 Å². The van der Waals surface area contributed by atoms with Crippen molar-refractivity contribution in [2.24, 2.45) is 23.3 Å². The zero-order chi connectivity index (χ0) is 16.0. The van der Waals surface area contributed by atoms with Gasteiger partial charge in [0.25, 0.3) is 0 Å². The van der Waals surface area contributed by atoms with Crippen molar-refractivity contribution < 1.29 is 10.2 Å². The van der Waals surface area contributed by atoms with E-state index in [2.05, 4.69) is 0 Å². The fourth-order valence-corrected chi connectivity index (χ4v) is 3.24. The maximum Gasteiger partial charge on any atom is 0.128 e. The lowest BCUT2D eigenvalue weighted by Crippen LogP contribution is -2.39. The Labute approximate surface area is 126 Å². The van der Waals surface area contributed by atoms with Crippen LogP contribution in [0.4, 0.5) is 0 Å². The van der Waals surface area contributed by atoms with Gasteiger partial charge in [-0.05, 0) is 0 Å². The van der Waals surface area contributed by atoms with Gasteiger partial charge in [-0.15, -0.1) is 0 Å². The van der Waals surface area contributed by atoms with Gasteiger partial charge in [0.05, 0.1) is 36.1 Å². The lowest BCUT2D eigenvalue weighted by molar-refractivity contribution is 0.316. The van der Waals surface area contributed by atoms with Crippen LogP contribution in [-0.2, 0) is 0 Å². The van der Waals surface area contributed by atoms with Crippen LogP contribution < -0.4 is 11.5 Å². The van der Waals surface area contributed by atoms with E-state index < -0.39 is 23.9 Å². The van der Waals surface area contributed by atoms with Crippen LogP contribution in [-0.4, -0.2) is 10.2 Å². The van der Waals surface area contributed by atoms with E-state index >= 15 is 0 Å². The summed E-state index contributed by atoms with van der Waals surface area (Å²) in [6.07, 6.45) is 0. The monoisotopic (exact) mass is 294 g/mol. The standard InChI is InChI=1S/C16H14N4O2/c17-5-9-10(6-18)14(20)12-11(13(9)19)15(21)7-3-1-2-4-8(7)16(12)22/h1-4,9-10,13-14,21-22H,19-20H2. The molecular weight excluding hydrogens is 280 g/mol. The molecule has 0 aliphatic heterocycles. The average Bonchev–Trinajstić information content (AvgIpc) is 2.53. The van der Waals surface area contributed by atoms with Crippen LogP contribution in [0.3, 0.4) is 0 Å². The molecule has 22 heavy (non-hydrogen) atoms. The molecule has 6 heteroatoms. The summed E-state index contributed by atoms with van der Waals surface area (Å²) in [6, 6.07) is 8.98. The number of nitriles is 2. The van der Waals surface area contributed by atoms with Crippen molar-refractivity contribution in [3.8, 4) is 23.6 Å². The Hall–Kier alpha value is -2.80. The summed E-state index contributed by atoms with van der Waals surface area (Å²) in [4.78, 5) is 0. The van der Waals surface area contributed by atoms with Gasteiger partial charge < -0.3 is 21.7 Å². The number of phenolic OH excluding ortho intramolecular Hbond substituents is 2. The predicted molar refractivity (Wildman–Crippen MR) is 79.3 cm³/mol. The van der Waals surface area contributed by atoms with Gasteiger partial charge in [-0.2, -0.15) is 10.5 Å². The lowest BCUT2D eigenvalue weighted by atomic mass is 9.70. The van der Waals surface area contributed by atoms with Gasteiger partial charge in [0, 0.05) is 21.9 Å². The summed E-state index contributed by atoms with van der Waals surface area (Å²) in [5, 5.41) is 40.6. The third-order valence-corrected chi connectivity index (χ3v) is 4.36. The number of benzene rings is 2. The van der Waals surface area contributed by atoms with Crippen LogP contribution in [0.25, 0.3) is 10.8 Å². The summed E-state index contributed by atoms with van der Waals surface area (Å²) < 4.78 is 0. The number of rotatable bonds is 0. The van der Waals surface area contributed by atoms with Crippen LogP contribution in [0.5, 0.6) is 11.5 Å². The number of fused-ring (bicyclic) bond motifs is 2. The molecule has 0 aromatic heterocycles.